The highest BCUT2D eigenvalue weighted by Crippen LogP contribution is 2.17. The third-order valence-corrected chi connectivity index (χ3v) is 2.99. The topological polar surface area (TPSA) is 37.4 Å². The van der Waals surface area contributed by atoms with E-state index in [1.165, 1.54) is 11.0 Å². The predicted octanol–water partition coefficient (Wildman–Crippen LogP) is 2.50. The molecule has 2 amide bonds. The molecule has 1 heterocycles. The molecule has 1 fully saturated rings. The molecule has 3 nitrogen and oxygen atoms in total. The first kappa shape index (κ1) is 11.9. The lowest BCUT2D eigenvalue weighted by Crippen LogP contribution is -2.30. The van der Waals surface area contributed by atoms with Gasteiger partial charge in [-0.05, 0) is 24.1 Å². The lowest BCUT2D eigenvalue weighted by molar-refractivity contribution is -0.138. The molecule has 0 spiro atoms. The summed E-state index contributed by atoms with van der Waals surface area (Å²) in [4.78, 5) is 24.3. The first-order chi connectivity index (χ1) is 8.18. The van der Waals surface area contributed by atoms with Crippen LogP contribution in [-0.4, -0.2) is 23.3 Å². The largest absolute Gasteiger partial charge is 0.279 e. The van der Waals surface area contributed by atoms with Crippen LogP contribution in [0.5, 0.6) is 0 Å². The Hall–Kier alpha value is -1.61. The number of imide groups is 1. The average molecular weight is 250 g/mol. The molecule has 1 aromatic rings. The van der Waals surface area contributed by atoms with Crippen LogP contribution in [0.25, 0.3) is 6.08 Å². The van der Waals surface area contributed by atoms with Crippen LogP contribution in [0.4, 0.5) is 0 Å². The van der Waals surface area contributed by atoms with Crippen molar-refractivity contribution in [3.63, 3.8) is 0 Å². The van der Waals surface area contributed by atoms with Crippen molar-refractivity contribution in [3.05, 3.63) is 40.9 Å². The van der Waals surface area contributed by atoms with Gasteiger partial charge in [0.2, 0.25) is 5.91 Å². The minimum atomic E-state index is -0.271. The molecular weight excluding hydrogens is 238 g/mol. The van der Waals surface area contributed by atoms with Gasteiger partial charge < -0.3 is 0 Å². The summed E-state index contributed by atoms with van der Waals surface area (Å²) in [5.74, 6) is -0.369. The van der Waals surface area contributed by atoms with E-state index in [0.717, 1.165) is 12.0 Å². The molecule has 0 saturated carbocycles. The second-order valence-corrected chi connectivity index (χ2v) is 4.25. The zero-order valence-corrected chi connectivity index (χ0v) is 9.98. The summed E-state index contributed by atoms with van der Waals surface area (Å²) < 4.78 is 0. The standard InChI is InChI=1S/C13H12ClNO2/c14-11-5-2-1-4-10(11)7-8-13(17)15-9-3-6-12(15)16/h1-2,4-5,7-8H,3,6,9H2/b8-7+. The minimum Gasteiger partial charge on any atom is -0.279 e. The van der Waals surface area contributed by atoms with E-state index in [9.17, 15) is 9.59 Å². The molecule has 1 aromatic carbocycles. The van der Waals surface area contributed by atoms with Crippen LogP contribution in [0.1, 0.15) is 18.4 Å². The molecule has 0 N–H and O–H groups in total. The molecule has 0 unspecified atom stereocenters. The molecule has 0 aliphatic carbocycles. The van der Waals surface area contributed by atoms with Crippen molar-refractivity contribution in [2.75, 3.05) is 6.54 Å². The van der Waals surface area contributed by atoms with Gasteiger partial charge in [0.25, 0.3) is 5.91 Å². The number of rotatable bonds is 2. The maximum Gasteiger partial charge on any atom is 0.253 e. The Morgan fingerprint density at radius 3 is 2.76 bits per heavy atom. The van der Waals surface area contributed by atoms with Crippen LogP contribution in [0.3, 0.4) is 0 Å². The molecule has 1 aliphatic heterocycles. The van der Waals surface area contributed by atoms with E-state index in [-0.39, 0.29) is 11.8 Å². The Labute approximate surface area is 105 Å². The normalized spacial score (nSPS) is 15.8. The summed E-state index contributed by atoms with van der Waals surface area (Å²) in [5, 5.41) is 0.587. The number of amides is 2. The van der Waals surface area contributed by atoms with E-state index in [2.05, 4.69) is 0 Å². The van der Waals surface area contributed by atoms with E-state index in [0.29, 0.717) is 18.0 Å². The molecule has 1 saturated heterocycles. The lowest BCUT2D eigenvalue weighted by Gasteiger charge is -2.09. The highest BCUT2D eigenvalue weighted by Gasteiger charge is 2.24. The molecule has 0 radical (unpaired) electrons. The van der Waals surface area contributed by atoms with Crippen LogP contribution in [0, 0.1) is 0 Å². The van der Waals surface area contributed by atoms with Gasteiger partial charge in [0.15, 0.2) is 0 Å². The van der Waals surface area contributed by atoms with E-state index < -0.39 is 0 Å². The van der Waals surface area contributed by atoms with Gasteiger partial charge in [0.05, 0.1) is 0 Å². The Balaban J connectivity index is 2.08. The number of carbonyl (C=O) groups is 2. The van der Waals surface area contributed by atoms with Gasteiger partial charge in [-0.3, -0.25) is 14.5 Å². The number of halogens is 1. The minimum absolute atomic E-state index is 0.0983. The fourth-order valence-corrected chi connectivity index (χ4v) is 1.94. The predicted molar refractivity (Wildman–Crippen MR) is 66.4 cm³/mol. The maximum atomic E-state index is 11.7. The highest BCUT2D eigenvalue weighted by molar-refractivity contribution is 6.32. The molecule has 1 aliphatic rings. The van der Waals surface area contributed by atoms with Crippen molar-refractivity contribution >= 4 is 29.5 Å². The maximum absolute atomic E-state index is 11.7. The molecular formula is C13H12ClNO2. The van der Waals surface area contributed by atoms with E-state index in [1.54, 1.807) is 12.1 Å². The summed E-state index contributed by atoms with van der Waals surface area (Å²) in [6, 6.07) is 7.24. The van der Waals surface area contributed by atoms with E-state index in [4.69, 9.17) is 11.6 Å². The van der Waals surface area contributed by atoms with Crippen LogP contribution < -0.4 is 0 Å². The van der Waals surface area contributed by atoms with Crippen LogP contribution in [-0.2, 0) is 9.59 Å². The van der Waals surface area contributed by atoms with E-state index >= 15 is 0 Å². The second-order valence-electron chi connectivity index (χ2n) is 3.84. The summed E-state index contributed by atoms with van der Waals surface area (Å²) in [6.07, 6.45) is 4.25. The second kappa shape index (κ2) is 5.15. The van der Waals surface area contributed by atoms with Crippen molar-refractivity contribution in [2.45, 2.75) is 12.8 Å². The Morgan fingerprint density at radius 2 is 2.12 bits per heavy atom. The first-order valence-corrected chi connectivity index (χ1v) is 5.83. The average Bonchev–Trinajstić information content (AvgIpc) is 2.74. The molecule has 4 heteroatoms. The fourth-order valence-electron chi connectivity index (χ4n) is 1.74. The summed E-state index contributed by atoms with van der Waals surface area (Å²) in [7, 11) is 0. The monoisotopic (exact) mass is 249 g/mol. The molecule has 2 rings (SSSR count). The van der Waals surface area contributed by atoms with Crippen molar-refractivity contribution in [1.82, 2.24) is 4.90 Å². The molecule has 0 atom stereocenters. The Bertz CT molecular complexity index is 482. The van der Waals surface area contributed by atoms with Gasteiger partial charge >= 0.3 is 0 Å². The summed E-state index contributed by atoms with van der Waals surface area (Å²) >= 11 is 5.95. The van der Waals surface area contributed by atoms with Crippen LogP contribution in [0.15, 0.2) is 30.3 Å². The zero-order valence-electron chi connectivity index (χ0n) is 9.23. The van der Waals surface area contributed by atoms with Crippen molar-refractivity contribution in [1.29, 1.82) is 0 Å². The Morgan fingerprint density at radius 1 is 1.35 bits per heavy atom. The zero-order chi connectivity index (χ0) is 12.3. The van der Waals surface area contributed by atoms with Crippen molar-refractivity contribution < 1.29 is 9.59 Å². The highest BCUT2D eigenvalue weighted by atomic mass is 35.5. The van der Waals surface area contributed by atoms with Gasteiger partial charge in [0.1, 0.15) is 0 Å². The molecule has 0 bridgehead atoms. The molecule has 17 heavy (non-hydrogen) atoms. The third-order valence-electron chi connectivity index (χ3n) is 2.65. The number of hydrogen-bond donors (Lipinski definition) is 0. The third kappa shape index (κ3) is 2.74. The van der Waals surface area contributed by atoms with Gasteiger partial charge in [-0.25, -0.2) is 0 Å². The number of benzene rings is 1. The Kier molecular flexibility index (Phi) is 3.59. The first-order valence-electron chi connectivity index (χ1n) is 5.45. The molecule has 88 valence electrons. The number of nitrogens with zero attached hydrogens (tertiary/aromatic N) is 1. The summed E-state index contributed by atoms with van der Waals surface area (Å²) in [5.41, 5.74) is 0.772. The fraction of sp³-hybridized carbons (Fsp3) is 0.231. The van der Waals surface area contributed by atoms with Crippen molar-refractivity contribution in [3.8, 4) is 0 Å². The number of hydrogen-bond acceptors (Lipinski definition) is 2. The van der Waals surface area contributed by atoms with Gasteiger partial charge in [-0.1, -0.05) is 29.8 Å². The smallest absolute Gasteiger partial charge is 0.253 e. The van der Waals surface area contributed by atoms with Crippen LogP contribution >= 0.6 is 11.6 Å². The van der Waals surface area contributed by atoms with Gasteiger partial charge in [-0.2, -0.15) is 0 Å². The van der Waals surface area contributed by atoms with Gasteiger partial charge in [0, 0.05) is 24.1 Å². The molecule has 0 aromatic heterocycles. The van der Waals surface area contributed by atoms with Crippen molar-refractivity contribution in [2.24, 2.45) is 0 Å². The number of likely N-dealkylation sites (tertiary alicyclic amines) is 1. The van der Waals surface area contributed by atoms with Crippen LogP contribution in [0.2, 0.25) is 5.02 Å². The lowest BCUT2D eigenvalue weighted by atomic mass is 10.2. The van der Waals surface area contributed by atoms with Gasteiger partial charge in [-0.15, -0.1) is 0 Å². The quantitative estimate of drug-likeness (QED) is 0.756. The number of carbonyl (C=O) groups excluding carboxylic acids is 2. The van der Waals surface area contributed by atoms with E-state index in [1.807, 2.05) is 18.2 Å². The summed E-state index contributed by atoms with van der Waals surface area (Å²) in [6.45, 7) is 0.518. The SMILES string of the molecule is O=C(/C=C/c1ccccc1Cl)N1CCCC1=O.